The van der Waals surface area contributed by atoms with Crippen LogP contribution in [0.3, 0.4) is 0 Å². The molecule has 0 saturated carbocycles. The van der Waals surface area contributed by atoms with Gasteiger partial charge in [-0.2, -0.15) is 0 Å². The van der Waals surface area contributed by atoms with Crippen LogP contribution in [-0.2, 0) is 6.42 Å². The van der Waals surface area contributed by atoms with E-state index in [9.17, 15) is 0 Å². The first kappa shape index (κ1) is 9.83. The Morgan fingerprint density at radius 1 is 1.67 bits per heavy atom. The van der Waals surface area contributed by atoms with Crippen molar-refractivity contribution in [1.29, 1.82) is 0 Å². The second kappa shape index (κ2) is 3.81. The summed E-state index contributed by atoms with van der Waals surface area (Å²) in [7, 11) is 0. The highest BCUT2D eigenvalue weighted by Crippen LogP contribution is 2.30. The zero-order valence-corrected chi connectivity index (χ0v) is 8.60. The molecule has 4 heteroatoms. The Morgan fingerprint density at radius 2 is 2.47 bits per heavy atom. The summed E-state index contributed by atoms with van der Waals surface area (Å²) in [5.41, 5.74) is 7.86. The maximum absolute atomic E-state index is 8.46. The monoisotopic (exact) mass is 206 g/mol. The van der Waals surface area contributed by atoms with Crippen molar-refractivity contribution < 1.29 is 9.94 Å². The molecule has 0 saturated heterocycles. The molecule has 0 amide bonds. The molecule has 1 unspecified atom stereocenters. The van der Waals surface area contributed by atoms with E-state index in [-0.39, 0.29) is 11.9 Å². The Morgan fingerprint density at radius 3 is 3.20 bits per heavy atom. The molecule has 1 aromatic rings. The van der Waals surface area contributed by atoms with Crippen molar-refractivity contribution in [1.82, 2.24) is 0 Å². The molecule has 1 aromatic carbocycles. The van der Waals surface area contributed by atoms with Gasteiger partial charge in [-0.1, -0.05) is 22.9 Å². The van der Waals surface area contributed by atoms with Gasteiger partial charge in [-0.3, -0.25) is 0 Å². The van der Waals surface area contributed by atoms with Crippen molar-refractivity contribution in [3.8, 4) is 5.75 Å². The number of aryl methyl sites for hydroxylation is 1. The van der Waals surface area contributed by atoms with Crippen LogP contribution in [0, 0.1) is 6.92 Å². The van der Waals surface area contributed by atoms with Gasteiger partial charge in [0.05, 0.1) is 0 Å². The maximum Gasteiger partial charge on any atom is 0.142 e. The number of nitrogens with two attached hydrogens (primary N) is 1. The molecule has 0 radical (unpaired) electrons. The molecule has 3 N–H and O–H groups in total. The summed E-state index contributed by atoms with van der Waals surface area (Å²) in [6.45, 7) is 2.05. The van der Waals surface area contributed by atoms with E-state index in [1.54, 1.807) is 0 Å². The van der Waals surface area contributed by atoms with Crippen molar-refractivity contribution in [2.24, 2.45) is 10.9 Å². The second-order valence-corrected chi connectivity index (χ2v) is 3.85. The van der Waals surface area contributed by atoms with Crippen LogP contribution in [-0.4, -0.2) is 17.1 Å². The fraction of sp³-hybridized carbons (Fsp3) is 0.364. The minimum absolute atomic E-state index is 0.00213. The molecule has 0 bridgehead atoms. The lowest BCUT2D eigenvalue weighted by molar-refractivity contribution is 0.237. The number of nitrogens with zero attached hydrogens (tertiary/aromatic N) is 1. The fourth-order valence-corrected chi connectivity index (χ4v) is 1.84. The molecule has 1 heterocycles. The summed E-state index contributed by atoms with van der Waals surface area (Å²) < 4.78 is 5.66. The highest BCUT2D eigenvalue weighted by atomic mass is 16.5. The van der Waals surface area contributed by atoms with E-state index in [2.05, 4.69) is 18.1 Å². The van der Waals surface area contributed by atoms with E-state index < -0.39 is 0 Å². The number of benzene rings is 1. The van der Waals surface area contributed by atoms with E-state index in [1.165, 1.54) is 11.1 Å². The summed E-state index contributed by atoms with van der Waals surface area (Å²) in [6.07, 6.45) is 1.29. The second-order valence-electron chi connectivity index (χ2n) is 3.85. The molecule has 0 aromatic heterocycles. The zero-order chi connectivity index (χ0) is 10.8. The smallest absolute Gasteiger partial charge is 0.142 e. The fourth-order valence-electron chi connectivity index (χ4n) is 1.84. The zero-order valence-electron chi connectivity index (χ0n) is 8.60. The highest BCUT2D eigenvalue weighted by molar-refractivity contribution is 5.80. The van der Waals surface area contributed by atoms with Crippen LogP contribution in [0.25, 0.3) is 0 Å². The van der Waals surface area contributed by atoms with E-state index in [4.69, 9.17) is 15.7 Å². The van der Waals surface area contributed by atoms with Gasteiger partial charge in [0.2, 0.25) is 0 Å². The summed E-state index contributed by atoms with van der Waals surface area (Å²) in [4.78, 5) is 0. The van der Waals surface area contributed by atoms with Gasteiger partial charge in [-0.25, -0.2) is 0 Å². The van der Waals surface area contributed by atoms with Gasteiger partial charge in [0.15, 0.2) is 0 Å². The summed E-state index contributed by atoms with van der Waals surface area (Å²) >= 11 is 0. The Balaban J connectivity index is 2.09. The lowest BCUT2D eigenvalue weighted by Crippen LogP contribution is -2.23. The third-order valence-electron chi connectivity index (χ3n) is 2.52. The van der Waals surface area contributed by atoms with Crippen molar-refractivity contribution in [2.45, 2.75) is 25.9 Å². The minimum Gasteiger partial charge on any atom is -0.489 e. The first-order valence-electron chi connectivity index (χ1n) is 4.91. The molecular weight excluding hydrogens is 192 g/mol. The normalized spacial score (nSPS) is 19.8. The van der Waals surface area contributed by atoms with E-state index in [0.717, 1.165) is 12.2 Å². The van der Waals surface area contributed by atoms with Crippen LogP contribution >= 0.6 is 0 Å². The number of fused-ring (bicyclic) bond motifs is 1. The van der Waals surface area contributed by atoms with Crippen LogP contribution in [0.15, 0.2) is 23.4 Å². The van der Waals surface area contributed by atoms with E-state index in [1.807, 2.05) is 12.1 Å². The van der Waals surface area contributed by atoms with Crippen LogP contribution in [0.1, 0.15) is 17.5 Å². The molecule has 1 atom stereocenters. The molecule has 1 aliphatic heterocycles. The summed E-state index contributed by atoms with van der Waals surface area (Å²) in [5.74, 6) is 1.13. The predicted molar refractivity (Wildman–Crippen MR) is 57.3 cm³/mol. The number of ether oxygens (including phenoxy) is 1. The maximum atomic E-state index is 8.46. The first-order valence-corrected chi connectivity index (χ1v) is 4.91. The number of hydrogen-bond donors (Lipinski definition) is 2. The third-order valence-corrected chi connectivity index (χ3v) is 2.52. The van der Waals surface area contributed by atoms with Gasteiger partial charge >= 0.3 is 0 Å². The lowest BCUT2D eigenvalue weighted by Gasteiger charge is -2.08. The van der Waals surface area contributed by atoms with Crippen LogP contribution in [0.4, 0.5) is 0 Å². The predicted octanol–water partition coefficient (Wildman–Crippen LogP) is 1.44. The Bertz CT molecular complexity index is 402. The molecule has 1 aliphatic rings. The summed E-state index contributed by atoms with van der Waals surface area (Å²) in [6, 6.07) is 6.10. The van der Waals surface area contributed by atoms with Gasteiger partial charge < -0.3 is 15.7 Å². The Labute approximate surface area is 88.3 Å². The van der Waals surface area contributed by atoms with E-state index >= 15 is 0 Å². The number of rotatable bonds is 2. The Kier molecular flexibility index (Phi) is 2.49. The van der Waals surface area contributed by atoms with Crippen molar-refractivity contribution in [3.05, 3.63) is 29.3 Å². The highest BCUT2D eigenvalue weighted by Gasteiger charge is 2.23. The minimum atomic E-state index is -0.00213. The number of oxime groups is 1. The SMILES string of the molecule is Cc1ccc2c(c1)CC(CC(N)=NO)O2. The van der Waals surface area contributed by atoms with Crippen LogP contribution in [0.2, 0.25) is 0 Å². The van der Waals surface area contributed by atoms with Gasteiger partial charge in [0, 0.05) is 12.8 Å². The average Bonchev–Trinajstić information content (AvgIpc) is 2.59. The van der Waals surface area contributed by atoms with Gasteiger partial charge in [0.1, 0.15) is 17.7 Å². The number of hydrogen-bond acceptors (Lipinski definition) is 3. The molecule has 0 aliphatic carbocycles. The quantitative estimate of drug-likeness (QED) is 0.333. The van der Waals surface area contributed by atoms with E-state index in [0.29, 0.717) is 6.42 Å². The average molecular weight is 206 g/mol. The first-order chi connectivity index (χ1) is 7.19. The van der Waals surface area contributed by atoms with Crippen LogP contribution < -0.4 is 10.5 Å². The third kappa shape index (κ3) is 2.03. The van der Waals surface area contributed by atoms with Gasteiger partial charge in [-0.05, 0) is 18.6 Å². The molecule has 0 fully saturated rings. The largest absolute Gasteiger partial charge is 0.489 e. The Hall–Kier alpha value is -1.71. The standard InChI is InChI=1S/C11H14N2O2/c1-7-2-3-10-8(4-7)5-9(15-10)6-11(12)13-14/h2-4,9,14H,5-6H2,1H3,(H2,12,13). The lowest BCUT2D eigenvalue weighted by atomic mass is 10.1. The van der Waals surface area contributed by atoms with Crippen molar-refractivity contribution in [3.63, 3.8) is 0 Å². The molecule has 4 nitrogen and oxygen atoms in total. The molecule has 2 rings (SSSR count). The molecule has 80 valence electrons. The van der Waals surface area contributed by atoms with Crippen molar-refractivity contribution in [2.75, 3.05) is 0 Å². The van der Waals surface area contributed by atoms with Gasteiger partial charge in [0.25, 0.3) is 0 Å². The van der Waals surface area contributed by atoms with Crippen LogP contribution in [0.5, 0.6) is 5.75 Å². The van der Waals surface area contributed by atoms with Crippen molar-refractivity contribution >= 4 is 5.84 Å². The summed E-state index contributed by atoms with van der Waals surface area (Å²) in [5, 5.41) is 11.4. The van der Waals surface area contributed by atoms with Gasteiger partial charge in [-0.15, -0.1) is 0 Å². The number of amidine groups is 1. The molecule has 0 spiro atoms. The topological polar surface area (TPSA) is 67.8 Å². The molecule has 15 heavy (non-hydrogen) atoms. The molecular formula is C11H14N2O2.